The van der Waals surface area contributed by atoms with E-state index < -0.39 is 28.5 Å². The van der Waals surface area contributed by atoms with E-state index in [1.54, 1.807) is 43.3 Å². The lowest BCUT2D eigenvalue weighted by atomic mass is 10.0. The Hall–Kier alpha value is -3.76. The molecule has 212 valence electrons. The Labute approximate surface area is 239 Å². The molecule has 0 fully saturated rings. The average molecular weight is 586 g/mol. The van der Waals surface area contributed by atoms with Gasteiger partial charge in [0.15, 0.2) is 11.5 Å². The van der Waals surface area contributed by atoms with Crippen LogP contribution in [0, 0.1) is 0 Å². The van der Waals surface area contributed by atoms with Crippen LogP contribution in [-0.2, 0) is 32.6 Å². The highest BCUT2D eigenvalue weighted by Gasteiger charge is 2.33. The second-order valence-electron chi connectivity index (χ2n) is 9.35. The maximum atomic E-state index is 14.0. The minimum absolute atomic E-state index is 0.0484. The third-order valence-corrected chi connectivity index (χ3v) is 7.73. The molecule has 0 saturated carbocycles. The molecule has 1 aliphatic heterocycles. The number of nitrogens with one attached hydrogen (secondary N) is 1. The van der Waals surface area contributed by atoms with Crippen molar-refractivity contribution in [2.45, 2.75) is 25.9 Å². The quantitative estimate of drug-likeness (QED) is 0.368. The molecule has 1 heterocycles. The Morgan fingerprint density at radius 3 is 2.33 bits per heavy atom. The normalized spacial score (nSPS) is 13.3. The van der Waals surface area contributed by atoms with Gasteiger partial charge in [0.1, 0.15) is 25.8 Å². The number of amides is 2. The molecule has 1 N–H and O–H groups in total. The van der Waals surface area contributed by atoms with E-state index in [1.807, 2.05) is 30.3 Å². The van der Waals surface area contributed by atoms with Crippen LogP contribution < -0.4 is 19.1 Å². The second kappa shape index (κ2) is 13.1. The zero-order chi connectivity index (χ0) is 28.7. The first-order valence-electron chi connectivity index (χ1n) is 12.9. The number of hydrogen-bond donors (Lipinski definition) is 1. The minimum atomic E-state index is -3.90. The van der Waals surface area contributed by atoms with Gasteiger partial charge < -0.3 is 19.7 Å². The Kier molecular flexibility index (Phi) is 9.54. The number of ether oxygens (including phenoxy) is 2. The second-order valence-corrected chi connectivity index (χ2v) is 11.7. The van der Waals surface area contributed by atoms with Crippen molar-refractivity contribution in [3.63, 3.8) is 0 Å². The highest BCUT2D eigenvalue weighted by molar-refractivity contribution is 7.92. The van der Waals surface area contributed by atoms with Crippen molar-refractivity contribution >= 4 is 39.1 Å². The molecule has 0 aliphatic carbocycles. The molecule has 0 radical (unpaired) electrons. The molecule has 40 heavy (non-hydrogen) atoms. The average Bonchev–Trinajstić information content (AvgIpc) is 2.93. The summed E-state index contributed by atoms with van der Waals surface area (Å²) in [5, 5.41) is 3.31. The van der Waals surface area contributed by atoms with Crippen molar-refractivity contribution in [1.82, 2.24) is 10.2 Å². The highest BCUT2D eigenvalue weighted by Crippen LogP contribution is 2.34. The van der Waals surface area contributed by atoms with Crippen LogP contribution in [0.4, 0.5) is 5.69 Å². The summed E-state index contributed by atoms with van der Waals surface area (Å²) in [4.78, 5) is 28.8. The van der Waals surface area contributed by atoms with Crippen LogP contribution in [0.2, 0.25) is 5.02 Å². The summed E-state index contributed by atoms with van der Waals surface area (Å²) < 4.78 is 38.1. The Morgan fingerprint density at radius 1 is 0.950 bits per heavy atom. The minimum Gasteiger partial charge on any atom is -0.486 e. The van der Waals surface area contributed by atoms with Gasteiger partial charge in [-0.15, -0.1) is 0 Å². The number of halogens is 1. The molecule has 4 rings (SSSR count). The van der Waals surface area contributed by atoms with E-state index in [0.717, 1.165) is 16.1 Å². The third-order valence-electron chi connectivity index (χ3n) is 6.36. The molecule has 3 aromatic carbocycles. The van der Waals surface area contributed by atoms with E-state index in [9.17, 15) is 18.0 Å². The van der Waals surface area contributed by atoms with E-state index >= 15 is 0 Å². The summed E-state index contributed by atoms with van der Waals surface area (Å²) in [5.41, 5.74) is 1.81. The molecule has 1 aliphatic rings. The Balaban J connectivity index is 1.72. The number of carbonyl (C=O) groups excluding carboxylic acids is 2. The Bertz CT molecular complexity index is 1450. The molecule has 0 unspecified atom stereocenters. The van der Waals surface area contributed by atoms with Gasteiger partial charge in [-0.05, 0) is 42.3 Å². The smallest absolute Gasteiger partial charge is 0.244 e. The summed E-state index contributed by atoms with van der Waals surface area (Å²) in [7, 11) is -3.90. The number of nitrogens with zero attached hydrogens (tertiary/aromatic N) is 2. The molecular formula is C29H32ClN3O6S. The van der Waals surface area contributed by atoms with Gasteiger partial charge in [-0.1, -0.05) is 54.1 Å². The Morgan fingerprint density at radius 2 is 1.65 bits per heavy atom. The van der Waals surface area contributed by atoms with Gasteiger partial charge in [-0.25, -0.2) is 8.42 Å². The van der Waals surface area contributed by atoms with Crippen molar-refractivity contribution in [2.24, 2.45) is 0 Å². The first-order valence-corrected chi connectivity index (χ1v) is 15.1. The monoisotopic (exact) mass is 585 g/mol. The molecule has 0 saturated heterocycles. The van der Waals surface area contributed by atoms with Crippen molar-refractivity contribution in [2.75, 3.05) is 36.9 Å². The van der Waals surface area contributed by atoms with Gasteiger partial charge in [-0.3, -0.25) is 13.9 Å². The van der Waals surface area contributed by atoms with Gasteiger partial charge in [0.05, 0.1) is 11.9 Å². The molecule has 0 spiro atoms. The fourth-order valence-corrected chi connectivity index (χ4v) is 5.53. The standard InChI is InChI=1S/C29H32ClN3O6S/c1-3-31-29(35)25(17-21-8-5-4-6-9-21)32(19-22-10-7-11-23(30)16-22)28(34)20-33(40(2,36)37)24-12-13-26-27(18-24)39-15-14-38-26/h4-13,16,18,25H,3,14-15,17,19-20H2,1-2H3,(H,31,35)/t25-/m0/s1. The van der Waals surface area contributed by atoms with E-state index in [0.29, 0.717) is 41.8 Å². The van der Waals surface area contributed by atoms with Crippen LogP contribution in [0.15, 0.2) is 72.8 Å². The van der Waals surface area contributed by atoms with Crippen LogP contribution in [0.25, 0.3) is 0 Å². The lowest BCUT2D eigenvalue weighted by molar-refractivity contribution is -0.140. The predicted octanol–water partition coefficient (Wildman–Crippen LogP) is 3.65. The van der Waals surface area contributed by atoms with Crippen molar-refractivity contribution in [3.05, 3.63) is 88.9 Å². The van der Waals surface area contributed by atoms with Gasteiger partial charge in [-0.2, -0.15) is 0 Å². The molecule has 2 amide bonds. The number of hydrogen-bond acceptors (Lipinski definition) is 6. The zero-order valence-corrected chi connectivity index (χ0v) is 24.0. The highest BCUT2D eigenvalue weighted by atomic mass is 35.5. The fourth-order valence-electron chi connectivity index (χ4n) is 4.48. The maximum absolute atomic E-state index is 14.0. The maximum Gasteiger partial charge on any atom is 0.244 e. The summed E-state index contributed by atoms with van der Waals surface area (Å²) in [6, 6.07) is 20.2. The third kappa shape index (κ3) is 7.45. The van der Waals surface area contributed by atoms with E-state index in [-0.39, 0.29) is 24.6 Å². The van der Waals surface area contributed by atoms with Crippen molar-refractivity contribution in [3.8, 4) is 11.5 Å². The van der Waals surface area contributed by atoms with Crippen LogP contribution in [0.1, 0.15) is 18.1 Å². The number of rotatable bonds is 11. The number of likely N-dealkylation sites (N-methyl/N-ethyl adjacent to an activating group) is 1. The van der Waals surface area contributed by atoms with Gasteiger partial charge in [0, 0.05) is 30.6 Å². The van der Waals surface area contributed by atoms with Gasteiger partial charge in [0.25, 0.3) is 0 Å². The molecule has 0 bridgehead atoms. The summed E-state index contributed by atoms with van der Waals surface area (Å²) in [6.45, 7) is 2.41. The molecule has 3 aromatic rings. The first-order chi connectivity index (χ1) is 19.2. The topological polar surface area (TPSA) is 105 Å². The summed E-state index contributed by atoms with van der Waals surface area (Å²) in [5.74, 6) is 0.000808. The summed E-state index contributed by atoms with van der Waals surface area (Å²) >= 11 is 6.22. The van der Waals surface area contributed by atoms with Crippen LogP contribution in [-0.4, -0.2) is 63.7 Å². The number of carbonyl (C=O) groups is 2. The van der Waals surface area contributed by atoms with Crippen molar-refractivity contribution in [1.29, 1.82) is 0 Å². The van der Waals surface area contributed by atoms with Gasteiger partial charge >= 0.3 is 0 Å². The van der Waals surface area contributed by atoms with E-state index in [2.05, 4.69) is 5.32 Å². The first kappa shape index (κ1) is 29.2. The lowest BCUT2D eigenvalue weighted by Gasteiger charge is -2.33. The van der Waals surface area contributed by atoms with Crippen LogP contribution in [0.5, 0.6) is 11.5 Å². The van der Waals surface area contributed by atoms with Crippen LogP contribution in [0.3, 0.4) is 0 Å². The molecule has 1 atom stereocenters. The number of benzene rings is 3. The van der Waals surface area contributed by atoms with Crippen molar-refractivity contribution < 1.29 is 27.5 Å². The summed E-state index contributed by atoms with van der Waals surface area (Å²) in [6.07, 6.45) is 1.27. The van der Waals surface area contributed by atoms with Gasteiger partial charge in [0.2, 0.25) is 21.8 Å². The molecule has 0 aromatic heterocycles. The van der Waals surface area contributed by atoms with Crippen LogP contribution >= 0.6 is 11.6 Å². The largest absolute Gasteiger partial charge is 0.486 e. The van der Waals surface area contributed by atoms with E-state index in [4.69, 9.17) is 21.1 Å². The number of anilines is 1. The molecule has 11 heteroatoms. The molecule has 9 nitrogen and oxygen atoms in total. The lowest BCUT2D eigenvalue weighted by Crippen LogP contribution is -2.53. The number of sulfonamides is 1. The fraction of sp³-hybridized carbons (Fsp3) is 0.310. The molecular weight excluding hydrogens is 554 g/mol. The zero-order valence-electron chi connectivity index (χ0n) is 22.4. The van der Waals surface area contributed by atoms with E-state index in [1.165, 1.54) is 11.0 Å². The number of fused-ring (bicyclic) bond motifs is 1. The predicted molar refractivity (Wildman–Crippen MR) is 154 cm³/mol. The SMILES string of the molecule is CCNC(=O)[C@H](Cc1ccccc1)N(Cc1cccc(Cl)c1)C(=O)CN(c1ccc2c(c1)OCCO2)S(C)(=O)=O.